The van der Waals surface area contributed by atoms with Crippen molar-refractivity contribution >= 4 is 41.2 Å². The van der Waals surface area contributed by atoms with Gasteiger partial charge in [0.25, 0.3) is 0 Å². The van der Waals surface area contributed by atoms with Gasteiger partial charge in [-0.15, -0.1) is 5.10 Å². The summed E-state index contributed by atoms with van der Waals surface area (Å²) in [7, 11) is 1.62. The molecule has 0 radical (unpaired) electrons. The van der Waals surface area contributed by atoms with E-state index in [1.54, 1.807) is 11.8 Å². The number of hydrogen-bond acceptors (Lipinski definition) is 6. The van der Waals surface area contributed by atoms with Gasteiger partial charge < -0.3 is 10.1 Å². The molecule has 0 aliphatic heterocycles. The lowest BCUT2D eigenvalue weighted by molar-refractivity contribution is -0.118. The maximum Gasteiger partial charge on any atom is 0.230 e. The van der Waals surface area contributed by atoms with Crippen LogP contribution in [0.15, 0.2) is 58.9 Å². The summed E-state index contributed by atoms with van der Waals surface area (Å²) in [5.41, 5.74) is 1.86. The molecule has 1 heterocycles. The summed E-state index contributed by atoms with van der Waals surface area (Å²) in [5, 5.41) is 7.39. The molecule has 2 aromatic carbocycles. The first-order chi connectivity index (χ1) is 12.7. The van der Waals surface area contributed by atoms with Gasteiger partial charge in [-0.05, 0) is 30.4 Å². The smallest absolute Gasteiger partial charge is 0.230 e. The Kier molecular flexibility index (Phi) is 6.43. The Balaban J connectivity index is 1.56. The molecule has 5 nitrogen and oxygen atoms in total. The van der Waals surface area contributed by atoms with Crippen molar-refractivity contribution in [2.75, 3.05) is 12.9 Å². The molecule has 3 aromatic rings. The molecule has 0 bridgehead atoms. The summed E-state index contributed by atoms with van der Waals surface area (Å²) in [5.74, 6) is 0.986. The lowest BCUT2D eigenvalue weighted by Crippen LogP contribution is -2.24. The number of carbonyl (C=O) groups is 1. The molecule has 1 N–H and O–H groups in total. The van der Waals surface area contributed by atoms with Crippen LogP contribution in [0.3, 0.4) is 0 Å². The van der Waals surface area contributed by atoms with Crippen LogP contribution in [-0.4, -0.2) is 28.6 Å². The number of ether oxygens (including phenoxy) is 1. The molecule has 1 aromatic heterocycles. The van der Waals surface area contributed by atoms with E-state index in [4.69, 9.17) is 17.0 Å². The minimum absolute atomic E-state index is 0.0618. The fraction of sp³-hybridized carbons (Fsp3) is 0.167. The standard InChI is InChI=1S/C18H17N3O2S3/c1-23-15-10-6-5-7-13(15)11-19-16(22)12-25-17-20-21(18(24)26-17)14-8-3-2-4-9-14/h2-10H,11-12H2,1H3,(H,19,22). The van der Waals surface area contributed by atoms with Gasteiger partial charge >= 0.3 is 0 Å². The van der Waals surface area contributed by atoms with Crippen LogP contribution in [0, 0.1) is 3.95 Å². The number of aromatic nitrogens is 2. The van der Waals surface area contributed by atoms with Gasteiger partial charge in [0.1, 0.15) is 5.75 Å². The molecule has 0 aliphatic rings. The van der Waals surface area contributed by atoms with Gasteiger partial charge in [0.2, 0.25) is 5.91 Å². The van der Waals surface area contributed by atoms with Crippen molar-refractivity contribution in [3.8, 4) is 11.4 Å². The average molecular weight is 404 g/mol. The van der Waals surface area contributed by atoms with Crippen molar-refractivity contribution in [2.24, 2.45) is 0 Å². The number of methoxy groups -OCH3 is 1. The maximum atomic E-state index is 12.1. The van der Waals surface area contributed by atoms with Crippen LogP contribution in [0.1, 0.15) is 5.56 Å². The van der Waals surface area contributed by atoms with Crippen molar-refractivity contribution in [1.29, 1.82) is 0 Å². The van der Waals surface area contributed by atoms with Gasteiger partial charge in [0, 0.05) is 12.1 Å². The third kappa shape index (κ3) is 4.72. The van der Waals surface area contributed by atoms with Gasteiger partial charge in [-0.1, -0.05) is 59.5 Å². The number of para-hydroxylation sites is 2. The van der Waals surface area contributed by atoms with Gasteiger partial charge in [0.05, 0.1) is 18.6 Å². The fourth-order valence-electron chi connectivity index (χ4n) is 2.27. The number of carbonyl (C=O) groups excluding carboxylic acids is 1. The minimum Gasteiger partial charge on any atom is -0.496 e. The highest BCUT2D eigenvalue weighted by Crippen LogP contribution is 2.24. The molecule has 0 aliphatic carbocycles. The van der Waals surface area contributed by atoms with Crippen molar-refractivity contribution in [3.05, 3.63) is 64.1 Å². The average Bonchev–Trinajstić information content (AvgIpc) is 3.06. The molecule has 0 saturated heterocycles. The molecular weight excluding hydrogens is 386 g/mol. The number of thioether (sulfide) groups is 1. The number of benzene rings is 2. The second-order valence-electron chi connectivity index (χ2n) is 5.26. The Labute approximate surface area is 165 Å². The third-order valence-corrected chi connectivity index (χ3v) is 5.89. The highest BCUT2D eigenvalue weighted by atomic mass is 32.2. The van der Waals surface area contributed by atoms with Crippen LogP contribution in [0.2, 0.25) is 0 Å². The number of nitrogens with zero attached hydrogens (tertiary/aromatic N) is 2. The zero-order chi connectivity index (χ0) is 18.4. The van der Waals surface area contributed by atoms with E-state index in [1.807, 2.05) is 54.6 Å². The van der Waals surface area contributed by atoms with Gasteiger partial charge in [-0.3, -0.25) is 4.79 Å². The van der Waals surface area contributed by atoms with Crippen LogP contribution in [-0.2, 0) is 11.3 Å². The summed E-state index contributed by atoms with van der Waals surface area (Å²) < 4.78 is 8.43. The topological polar surface area (TPSA) is 56.1 Å². The first-order valence-electron chi connectivity index (χ1n) is 7.84. The fourth-order valence-corrected chi connectivity index (χ4v) is 4.46. The van der Waals surface area contributed by atoms with E-state index in [9.17, 15) is 4.79 Å². The van der Waals surface area contributed by atoms with E-state index in [1.165, 1.54) is 23.1 Å². The molecule has 26 heavy (non-hydrogen) atoms. The number of nitrogens with one attached hydrogen (secondary N) is 1. The first-order valence-corrected chi connectivity index (χ1v) is 10.1. The summed E-state index contributed by atoms with van der Waals surface area (Å²) in [6, 6.07) is 17.3. The predicted octanol–water partition coefficient (Wildman–Crippen LogP) is 4.08. The molecule has 8 heteroatoms. The van der Waals surface area contributed by atoms with Crippen LogP contribution in [0.4, 0.5) is 0 Å². The molecule has 0 spiro atoms. The summed E-state index contributed by atoms with van der Waals surface area (Å²) in [4.78, 5) is 12.1. The number of rotatable bonds is 7. The second-order valence-corrected chi connectivity index (χ2v) is 8.10. The van der Waals surface area contributed by atoms with E-state index in [-0.39, 0.29) is 11.7 Å². The molecule has 0 unspecified atom stereocenters. The monoisotopic (exact) mass is 403 g/mol. The molecule has 134 valence electrons. The minimum atomic E-state index is -0.0618. The van der Waals surface area contributed by atoms with E-state index in [0.717, 1.165) is 21.3 Å². The SMILES string of the molecule is COc1ccccc1CNC(=O)CSc1nn(-c2ccccc2)c(=S)s1. The van der Waals surface area contributed by atoms with E-state index in [0.29, 0.717) is 10.5 Å². The Morgan fingerprint density at radius 2 is 1.96 bits per heavy atom. The van der Waals surface area contributed by atoms with E-state index < -0.39 is 0 Å². The van der Waals surface area contributed by atoms with E-state index >= 15 is 0 Å². The Morgan fingerprint density at radius 3 is 2.73 bits per heavy atom. The van der Waals surface area contributed by atoms with Gasteiger partial charge in [0.15, 0.2) is 8.29 Å². The summed E-state index contributed by atoms with van der Waals surface area (Å²) >= 11 is 8.15. The Morgan fingerprint density at radius 1 is 1.23 bits per heavy atom. The Hall–Kier alpha value is -2.16. The molecule has 0 atom stereocenters. The molecule has 0 fully saturated rings. The normalized spacial score (nSPS) is 10.5. The van der Waals surface area contributed by atoms with Gasteiger partial charge in [-0.25, -0.2) is 4.68 Å². The van der Waals surface area contributed by atoms with Crippen molar-refractivity contribution in [3.63, 3.8) is 0 Å². The molecule has 0 saturated carbocycles. The number of hydrogen-bond donors (Lipinski definition) is 1. The van der Waals surface area contributed by atoms with Crippen LogP contribution < -0.4 is 10.1 Å². The molecule has 1 amide bonds. The molecular formula is C18H17N3O2S3. The molecule has 3 rings (SSSR count). The zero-order valence-electron chi connectivity index (χ0n) is 14.0. The van der Waals surface area contributed by atoms with Crippen molar-refractivity contribution < 1.29 is 9.53 Å². The Bertz CT molecular complexity index is 938. The first kappa shape index (κ1) is 18.6. The highest BCUT2D eigenvalue weighted by Gasteiger charge is 2.10. The quantitative estimate of drug-likeness (QED) is 0.476. The third-order valence-electron chi connectivity index (χ3n) is 3.53. The van der Waals surface area contributed by atoms with Gasteiger partial charge in [-0.2, -0.15) is 0 Å². The largest absolute Gasteiger partial charge is 0.496 e. The van der Waals surface area contributed by atoms with Crippen molar-refractivity contribution in [2.45, 2.75) is 10.9 Å². The van der Waals surface area contributed by atoms with Crippen LogP contribution >= 0.6 is 35.3 Å². The summed E-state index contributed by atoms with van der Waals surface area (Å²) in [6.45, 7) is 0.428. The lowest BCUT2D eigenvalue weighted by Gasteiger charge is -2.09. The summed E-state index contributed by atoms with van der Waals surface area (Å²) in [6.07, 6.45) is 0. The maximum absolute atomic E-state index is 12.1. The van der Waals surface area contributed by atoms with Crippen molar-refractivity contribution in [1.82, 2.24) is 15.1 Å². The highest BCUT2D eigenvalue weighted by molar-refractivity contribution is 8.01. The predicted molar refractivity (Wildman–Crippen MR) is 108 cm³/mol. The zero-order valence-corrected chi connectivity index (χ0v) is 16.5. The lowest BCUT2D eigenvalue weighted by atomic mass is 10.2. The number of amides is 1. The second kappa shape index (κ2) is 8.98. The van der Waals surface area contributed by atoms with E-state index in [2.05, 4.69) is 10.4 Å². The van der Waals surface area contributed by atoms with Crippen LogP contribution in [0.25, 0.3) is 5.69 Å². The van der Waals surface area contributed by atoms with Crippen LogP contribution in [0.5, 0.6) is 5.75 Å².